The number of halogens is 3. The zero-order chi connectivity index (χ0) is 21.5. The largest absolute Gasteiger partial charge is 0.437 e. The molecule has 10 heteroatoms. The smallest absolute Gasteiger partial charge is 0.319 e. The van der Waals surface area contributed by atoms with E-state index in [1.807, 2.05) is 6.92 Å². The number of hydrogen-bond donors (Lipinski definition) is 2. The van der Waals surface area contributed by atoms with Gasteiger partial charge in [0.2, 0.25) is 0 Å². The van der Waals surface area contributed by atoms with Crippen LogP contribution in [-0.2, 0) is 12.7 Å². The average Bonchev–Trinajstić information content (AvgIpc) is 3.34. The summed E-state index contributed by atoms with van der Waals surface area (Å²) in [6.07, 6.45) is -1.28. The number of fused-ring (bicyclic) bond motifs is 1. The van der Waals surface area contributed by atoms with Crippen molar-refractivity contribution in [3.8, 4) is 11.3 Å². The Morgan fingerprint density at radius 3 is 2.73 bits per heavy atom. The summed E-state index contributed by atoms with van der Waals surface area (Å²) in [7, 11) is 0. The molecule has 30 heavy (non-hydrogen) atoms. The van der Waals surface area contributed by atoms with Crippen molar-refractivity contribution in [2.75, 3.05) is 5.32 Å². The second kappa shape index (κ2) is 7.29. The van der Waals surface area contributed by atoms with Crippen molar-refractivity contribution in [2.45, 2.75) is 26.6 Å². The topological polar surface area (TPSA) is 88.5 Å². The van der Waals surface area contributed by atoms with Gasteiger partial charge in [0, 0.05) is 23.7 Å². The molecule has 1 aromatic carbocycles. The van der Waals surface area contributed by atoms with E-state index in [-0.39, 0.29) is 11.3 Å². The molecule has 0 fully saturated rings. The van der Waals surface area contributed by atoms with Gasteiger partial charge >= 0.3 is 6.18 Å². The molecule has 4 aromatic rings. The van der Waals surface area contributed by atoms with Crippen molar-refractivity contribution in [2.24, 2.45) is 0 Å². The molecule has 7 nitrogen and oxygen atoms in total. The lowest BCUT2D eigenvalue weighted by atomic mass is 10.0. The number of pyridine rings is 1. The summed E-state index contributed by atoms with van der Waals surface area (Å²) in [6.45, 7) is 4.02. The van der Waals surface area contributed by atoms with Crippen molar-refractivity contribution in [1.29, 1.82) is 0 Å². The summed E-state index contributed by atoms with van der Waals surface area (Å²) < 4.78 is 41.4. The monoisotopic (exact) mass is 414 g/mol. The van der Waals surface area contributed by atoms with Crippen molar-refractivity contribution < 1.29 is 18.0 Å². The first-order chi connectivity index (χ1) is 14.3. The number of para-hydroxylation sites is 1. The molecule has 0 aliphatic heterocycles. The van der Waals surface area contributed by atoms with Gasteiger partial charge in [0.15, 0.2) is 5.69 Å². The molecule has 154 valence electrons. The van der Waals surface area contributed by atoms with Crippen LogP contribution in [0.5, 0.6) is 0 Å². The maximum absolute atomic E-state index is 13.2. The van der Waals surface area contributed by atoms with E-state index in [9.17, 15) is 18.0 Å². The van der Waals surface area contributed by atoms with E-state index in [4.69, 9.17) is 0 Å². The molecule has 3 aromatic heterocycles. The van der Waals surface area contributed by atoms with Crippen molar-refractivity contribution in [1.82, 2.24) is 25.0 Å². The van der Waals surface area contributed by atoms with Crippen LogP contribution in [0.1, 0.15) is 28.7 Å². The highest BCUT2D eigenvalue weighted by Gasteiger charge is 2.38. The Balaban J connectivity index is 1.80. The second-order valence-electron chi connectivity index (χ2n) is 6.68. The molecule has 0 unspecified atom stereocenters. The molecular weight excluding hydrogens is 397 g/mol. The van der Waals surface area contributed by atoms with E-state index >= 15 is 0 Å². The summed E-state index contributed by atoms with van der Waals surface area (Å²) in [5, 5.41) is 12.7. The number of carbonyl (C=O) groups excluding carboxylic acids is 1. The average molecular weight is 414 g/mol. The third-order valence-corrected chi connectivity index (χ3v) is 4.67. The van der Waals surface area contributed by atoms with Gasteiger partial charge in [-0.1, -0.05) is 18.2 Å². The van der Waals surface area contributed by atoms with Crippen LogP contribution in [0.25, 0.3) is 22.2 Å². The maximum Gasteiger partial charge on any atom is 0.437 e. The zero-order valence-corrected chi connectivity index (χ0v) is 16.1. The molecule has 0 radical (unpaired) electrons. The number of nitrogens with zero attached hydrogens (tertiary/aromatic N) is 4. The highest BCUT2D eigenvalue weighted by atomic mass is 19.4. The Labute approximate surface area is 168 Å². The van der Waals surface area contributed by atoms with Gasteiger partial charge in [-0.05, 0) is 26.0 Å². The molecule has 2 N–H and O–H groups in total. The van der Waals surface area contributed by atoms with Gasteiger partial charge in [0.05, 0.1) is 34.4 Å². The minimum atomic E-state index is -4.70. The number of aromatic amines is 1. The van der Waals surface area contributed by atoms with Crippen LogP contribution in [0, 0.1) is 6.92 Å². The van der Waals surface area contributed by atoms with Gasteiger partial charge in [-0.2, -0.15) is 23.4 Å². The van der Waals surface area contributed by atoms with Gasteiger partial charge < -0.3 is 5.32 Å². The second-order valence-corrected chi connectivity index (χ2v) is 6.68. The number of carbonyl (C=O) groups is 1. The molecule has 0 atom stereocenters. The maximum atomic E-state index is 13.2. The first kappa shape index (κ1) is 19.6. The number of benzene rings is 1. The van der Waals surface area contributed by atoms with E-state index in [0.29, 0.717) is 28.7 Å². The van der Waals surface area contributed by atoms with Crippen LogP contribution < -0.4 is 5.32 Å². The Morgan fingerprint density at radius 2 is 2.03 bits per heavy atom. The van der Waals surface area contributed by atoms with Crippen molar-refractivity contribution in [3.05, 3.63) is 59.7 Å². The molecule has 0 saturated heterocycles. The normalized spacial score (nSPS) is 11.8. The highest BCUT2D eigenvalue weighted by molar-refractivity contribution is 6.13. The van der Waals surface area contributed by atoms with Gasteiger partial charge in [0.25, 0.3) is 5.91 Å². The predicted molar refractivity (Wildman–Crippen MR) is 105 cm³/mol. The number of aromatic nitrogens is 5. The number of amides is 1. The van der Waals surface area contributed by atoms with Crippen LogP contribution in [0.4, 0.5) is 18.9 Å². The summed E-state index contributed by atoms with van der Waals surface area (Å²) in [6, 6.07) is 8.50. The van der Waals surface area contributed by atoms with E-state index in [1.165, 1.54) is 6.92 Å². The molecular formula is C20H17F3N6O. The van der Waals surface area contributed by atoms with Crippen LogP contribution >= 0.6 is 0 Å². The SMILES string of the molecule is CCn1cc(-c2cc(C(=O)Nc3c(C(F)(F)F)n[nH]c3C)c3ccccc3n2)cn1. The Kier molecular flexibility index (Phi) is 4.76. The van der Waals surface area contributed by atoms with Gasteiger partial charge in [0.1, 0.15) is 0 Å². The van der Waals surface area contributed by atoms with Crippen LogP contribution in [0.2, 0.25) is 0 Å². The Bertz CT molecular complexity index is 1240. The van der Waals surface area contributed by atoms with Crippen LogP contribution in [-0.4, -0.2) is 30.9 Å². The van der Waals surface area contributed by atoms with Gasteiger partial charge in [-0.15, -0.1) is 0 Å². The van der Waals surface area contributed by atoms with Gasteiger partial charge in [-0.3, -0.25) is 14.6 Å². The third kappa shape index (κ3) is 3.51. The first-order valence-electron chi connectivity index (χ1n) is 9.14. The fraction of sp³-hybridized carbons (Fsp3) is 0.200. The highest BCUT2D eigenvalue weighted by Crippen LogP contribution is 2.35. The summed E-state index contributed by atoms with van der Waals surface area (Å²) in [4.78, 5) is 17.6. The standard InChI is InChI=1S/C20H17F3N6O/c1-3-29-10-12(9-24-29)16-8-14(13-6-4-5-7-15(13)25-16)19(30)26-17-11(2)27-28-18(17)20(21,22)23/h4-10H,3H2,1-2H3,(H,26,30)(H,27,28). The lowest BCUT2D eigenvalue weighted by molar-refractivity contribution is -0.140. The number of alkyl halides is 3. The molecule has 4 rings (SSSR count). The number of H-pyrrole nitrogens is 1. The summed E-state index contributed by atoms with van der Waals surface area (Å²) in [5.74, 6) is -0.687. The lowest BCUT2D eigenvalue weighted by Crippen LogP contribution is -2.17. The molecule has 1 amide bonds. The van der Waals surface area contributed by atoms with Crippen molar-refractivity contribution in [3.63, 3.8) is 0 Å². The summed E-state index contributed by atoms with van der Waals surface area (Å²) >= 11 is 0. The molecule has 0 saturated carbocycles. The fourth-order valence-corrected chi connectivity index (χ4v) is 3.15. The molecule has 0 aliphatic rings. The van der Waals surface area contributed by atoms with Gasteiger partial charge in [-0.25, -0.2) is 4.98 Å². The lowest BCUT2D eigenvalue weighted by Gasteiger charge is -2.11. The molecule has 0 aliphatic carbocycles. The van der Waals surface area contributed by atoms with E-state index in [0.717, 1.165) is 0 Å². The number of rotatable bonds is 4. The summed E-state index contributed by atoms with van der Waals surface area (Å²) in [5.41, 5.74) is 0.493. The first-order valence-corrected chi connectivity index (χ1v) is 9.14. The number of hydrogen-bond acceptors (Lipinski definition) is 4. The molecule has 0 spiro atoms. The van der Waals surface area contributed by atoms with E-state index < -0.39 is 23.5 Å². The minimum Gasteiger partial charge on any atom is -0.319 e. The van der Waals surface area contributed by atoms with E-state index in [1.54, 1.807) is 47.4 Å². The number of aryl methyl sites for hydroxylation is 2. The number of anilines is 1. The predicted octanol–water partition coefficient (Wildman–Crippen LogP) is 4.42. The Morgan fingerprint density at radius 1 is 1.27 bits per heavy atom. The van der Waals surface area contributed by atoms with Crippen LogP contribution in [0.3, 0.4) is 0 Å². The zero-order valence-electron chi connectivity index (χ0n) is 16.1. The Hall–Kier alpha value is -3.69. The third-order valence-electron chi connectivity index (χ3n) is 4.67. The minimum absolute atomic E-state index is 0.110. The molecule has 0 bridgehead atoms. The number of nitrogens with one attached hydrogen (secondary N) is 2. The van der Waals surface area contributed by atoms with Crippen molar-refractivity contribution >= 4 is 22.5 Å². The quantitative estimate of drug-likeness (QED) is 0.517. The fourth-order valence-electron chi connectivity index (χ4n) is 3.15. The molecule has 3 heterocycles. The van der Waals surface area contributed by atoms with Crippen LogP contribution in [0.15, 0.2) is 42.7 Å². The van der Waals surface area contributed by atoms with E-state index in [2.05, 4.69) is 25.6 Å².